The molecule has 1 aromatic carbocycles. The highest BCUT2D eigenvalue weighted by atomic mass is 35.5. The predicted octanol–water partition coefficient (Wildman–Crippen LogP) is 3.27. The zero-order chi connectivity index (χ0) is 12.6. The predicted molar refractivity (Wildman–Crippen MR) is 68.9 cm³/mol. The van der Waals surface area contributed by atoms with E-state index in [1.165, 1.54) is 0 Å². The zero-order valence-electron chi connectivity index (χ0n) is 9.96. The highest BCUT2D eigenvalue weighted by molar-refractivity contribution is 6.33. The first-order valence-electron chi connectivity index (χ1n) is 5.80. The average molecular weight is 254 g/mol. The number of carbonyl (C=O) groups is 1. The van der Waals surface area contributed by atoms with Gasteiger partial charge in [0.05, 0.1) is 16.6 Å². The van der Waals surface area contributed by atoms with Gasteiger partial charge >= 0.3 is 5.97 Å². The molecule has 0 aliphatic heterocycles. The molecule has 0 radical (unpaired) electrons. The number of nitrogens with one attached hydrogen (secondary N) is 1. The van der Waals surface area contributed by atoms with E-state index in [4.69, 9.17) is 16.7 Å². The number of carboxylic acids is 1. The molecule has 17 heavy (non-hydrogen) atoms. The summed E-state index contributed by atoms with van der Waals surface area (Å²) in [6, 6.07) is 4.09. The third-order valence-corrected chi connectivity index (χ3v) is 3.36. The van der Waals surface area contributed by atoms with Gasteiger partial charge in [-0.05, 0) is 49.9 Å². The van der Waals surface area contributed by atoms with Crippen molar-refractivity contribution >= 4 is 23.3 Å². The Morgan fingerprint density at radius 1 is 1.53 bits per heavy atom. The molecule has 1 aliphatic rings. The van der Waals surface area contributed by atoms with Gasteiger partial charge in [0, 0.05) is 6.04 Å². The van der Waals surface area contributed by atoms with E-state index in [-0.39, 0.29) is 0 Å². The van der Waals surface area contributed by atoms with Crippen molar-refractivity contribution in [2.45, 2.75) is 38.6 Å². The molecular formula is C13H16ClNO2. The Balaban J connectivity index is 2.37. The van der Waals surface area contributed by atoms with Gasteiger partial charge in [0.2, 0.25) is 0 Å². The van der Waals surface area contributed by atoms with Crippen LogP contribution < -0.4 is 5.32 Å². The number of rotatable bonds is 3. The van der Waals surface area contributed by atoms with Crippen molar-refractivity contribution < 1.29 is 9.90 Å². The molecule has 4 heteroatoms. The number of hydrogen-bond acceptors (Lipinski definition) is 2. The lowest BCUT2D eigenvalue weighted by Crippen LogP contribution is -2.11. The minimum atomic E-state index is -0.760. The van der Waals surface area contributed by atoms with E-state index in [1.54, 1.807) is 6.07 Å². The molecule has 1 unspecified atom stereocenters. The van der Waals surface area contributed by atoms with E-state index in [2.05, 4.69) is 5.32 Å². The summed E-state index contributed by atoms with van der Waals surface area (Å²) in [6.07, 6.45) is 1.49. The maximum Gasteiger partial charge on any atom is 0.310 e. The fourth-order valence-corrected chi connectivity index (χ4v) is 2.53. The largest absolute Gasteiger partial charge is 0.481 e. The Morgan fingerprint density at radius 3 is 2.82 bits per heavy atom. The van der Waals surface area contributed by atoms with Crippen LogP contribution in [0.3, 0.4) is 0 Å². The van der Waals surface area contributed by atoms with E-state index >= 15 is 0 Å². The van der Waals surface area contributed by atoms with Gasteiger partial charge in [0.25, 0.3) is 0 Å². The quantitative estimate of drug-likeness (QED) is 0.869. The average Bonchev–Trinajstić information content (AvgIpc) is 2.60. The normalized spacial score (nSPS) is 18.2. The smallest absolute Gasteiger partial charge is 0.310 e. The van der Waals surface area contributed by atoms with E-state index in [1.807, 2.05) is 19.9 Å². The molecule has 1 atom stereocenters. The van der Waals surface area contributed by atoms with E-state index in [0.29, 0.717) is 17.5 Å². The van der Waals surface area contributed by atoms with Crippen LogP contribution in [0.25, 0.3) is 0 Å². The van der Waals surface area contributed by atoms with Gasteiger partial charge in [-0.2, -0.15) is 0 Å². The number of hydrogen-bond donors (Lipinski definition) is 2. The second-order valence-corrected chi connectivity index (χ2v) is 5.17. The summed E-state index contributed by atoms with van der Waals surface area (Å²) in [5.74, 6) is -1.15. The van der Waals surface area contributed by atoms with Crippen LogP contribution in [0.5, 0.6) is 0 Å². The molecule has 1 aliphatic carbocycles. The number of aliphatic carboxylic acids is 1. The number of anilines is 1. The molecule has 0 aromatic heterocycles. The molecule has 0 saturated carbocycles. The minimum absolute atomic E-state index is 0.308. The molecule has 0 amide bonds. The van der Waals surface area contributed by atoms with Gasteiger partial charge in [0.1, 0.15) is 0 Å². The Labute approximate surface area is 106 Å². The van der Waals surface area contributed by atoms with Gasteiger partial charge in [-0.1, -0.05) is 11.6 Å². The van der Waals surface area contributed by atoms with Crippen molar-refractivity contribution in [3.8, 4) is 0 Å². The molecule has 1 aromatic rings. The Morgan fingerprint density at radius 2 is 2.24 bits per heavy atom. The third-order valence-electron chi connectivity index (χ3n) is 3.05. The summed E-state index contributed by atoms with van der Waals surface area (Å²) in [6.45, 7) is 4.09. The molecule has 0 bridgehead atoms. The molecule has 92 valence electrons. The summed E-state index contributed by atoms with van der Waals surface area (Å²) in [7, 11) is 0. The summed E-state index contributed by atoms with van der Waals surface area (Å²) in [4.78, 5) is 11.1. The first-order valence-corrected chi connectivity index (χ1v) is 6.18. The van der Waals surface area contributed by atoms with Crippen LogP contribution in [-0.2, 0) is 11.2 Å². The highest BCUT2D eigenvalue weighted by Crippen LogP contribution is 2.38. The number of fused-ring (bicyclic) bond motifs is 1. The van der Waals surface area contributed by atoms with Gasteiger partial charge in [-0.15, -0.1) is 0 Å². The summed E-state index contributed by atoms with van der Waals surface area (Å²) < 4.78 is 0. The van der Waals surface area contributed by atoms with Crippen molar-refractivity contribution in [2.75, 3.05) is 5.32 Å². The summed E-state index contributed by atoms with van der Waals surface area (Å²) in [5, 5.41) is 13.0. The van der Waals surface area contributed by atoms with Gasteiger partial charge in [-0.3, -0.25) is 4.79 Å². The molecule has 0 heterocycles. The lowest BCUT2D eigenvalue weighted by molar-refractivity contribution is -0.138. The minimum Gasteiger partial charge on any atom is -0.481 e. The third kappa shape index (κ3) is 2.39. The first kappa shape index (κ1) is 12.2. The van der Waals surface area contributed by atoms with Crippen molar-refractivity contribution in [1.29, 1.82) is 0 Å². The molecule has 3 nitrogen and oxygen atoms in total. The maximum atomic E-state index is 11.1. The zero-order valence-corrected chi connectivity index (χ0v) is 10.7. The molecule has 2 rings (SSSR count). The Kier molecular flexibility index (Phi) is 3.29. The van der Waals surface area contributed by atoms with Gasteiger partial charge in [-0.25, -0.2) is 0 Å². The molecule has 2 N–H and O–H groups in total. The molecule has 0 spiro atoms. The van der Waals surface area contributed by atoms with Crippen LogP contribution >= 0.6 is 11.6 Å². The monoisotopic (exact) mass is 253 g/mol. The standard InChI is InChI=1S/C13H16ClNO2/c1-7(2)15-12-5-8-3-4-9(13(16)17)10(8)6-11(12)14/h5-7,9,15H,3-4H2,1-2H3,(H,16,17). The second kappa shape index (κ2) is 4.57. The highest BCUT2D eigenvalue weighted by Gasteiger charge is 2.29. The molecular weight excluding hydrogens is 238 g/mol. The number of benzene rings is 1. The molecule has 0 saturated heterocycles. The van der Waals surface area contributed by atoms with Gasteiger partial charge < -0.3 is 10.4 Å². The number of aryl methyl sites for hydroxylation is 1. The van der Waals surface area contributed by atoms with Crippen LogP contribution in [0.15, 0.2) is 12.1 Å². The first-order chi connectivity index (χ1) is 7.99. The van der Waals surface area contributed by atoms with E-state index < -0.39 is 11.9 Å². The van der Waals surface area contributed by atoms with Crippen LogP contribution in [0.4, 0.5) is 5.69 Å². The van der Waals surface area contributed by atoms with E-state index in [0.717, 1.165) is 23.2 Å². The van der Waals surface area contributed by atoms with Crippen LogP contribution in [0.2, 0.25) is 5.02 Å². The van der Waals surface area contributed by atoms with Crippen molar-refractivity contribution in [3.05, 3.63) is 28.3 Å². The van der Waals surface area contributed by atoms with Crippen molar-refractivity contribution in [2.24, 2.45) is 0 Å². The SMILES string of the molecule is CC(C)Nc1cc2c(cc1Cl)C(C(=O)O)CC2. The van der Waals surface area contributed by atoms with E-state index in [9.17, 15) is 4.79 Å². The fourth-order valence-electron chi connectivity index (χ4n) is 2.31. The Bertz CT molecular complexity index is 457. The van der Waals surface area contributed by atoms with Crippen molar-refractivity contribution in [3.63, 3.8) is 0 Å². The molecule has 0 fully saturated rings. The lowest BCUT2D eigenvalue weighted by atomic mass is 10.0. The van der Waals surface area contributed by atoms with Gasteiger partial charge in [0.15, 0.2) is 0 Å². The fraction of sp³-hybridized carbons (Fsp3) is 0.462. The topological polar surface area (TPSA) is 49.3 Å². The van der Waals surface area contributed by atoms with Crippen LogP contribution in [0, 0.1) is 0 Å². The number of carboxylic acid groups (broad SMARTS) is 1. The van der Waals surface area contributed by atoms with Crippen LogP contribution in [-0.4, -0.2) is 17.1 Å². The van der Waals surface area contributed by atoms with Crippen molar-refractivity contribution in [1.82, 2.24) is 0 Å². The maximum absolute atomic E-state index is 11.1. The Hall–Kier alpha value is -1.22. The lowest BCUT2D eigenvalue weighted by Gasteiger charge is -2.14. The number of halogens is 1. The second-order valence-electron chi connectivity index (χ2n) is 4.76. The van der Waals surface area contributed by atoms with Crippen LogP contribution in [0.1, 0.15) is 37.3 Å². The summed E-state index contributed by atoms with van der Waals surface area (Å²) in [5.41, 5.74) is 2.87. The summed E-state index contributed by atoms with van der Waals surface area (Å²) >= 11 is 6.17.